The van der Waals surface area contributed by atoms with Gasteiger partial charge in [0.05, 0.1) is 0 Å². The summed E-state index contributed by atoms with van der Waals surface area (Å²) in [5.74, 6) is -3.79. The Morgan fingerprint density at radius 1 is 1.03 bits per heavy atom. The molecule has 174 valence electrons. The van der Waals surface area contributed by atoms with Gasteiger partial charge in [0.2, 0.25) is 5.91 Å². The standard InChI is InChI=1S/C18H26F3N5O4S/c1-11(2)23-31(29,30)24-18(28)26-5-3-25(4-6-26)17(27)9-13(22)7-12-8-15(20)16(21)10-14(12)19/h8,10-11,13,23H,3-7,9,22H2,1-2H3,(H,24,28)/t13-/m1/s1. The second kappa shape index (κ2) is 10.3. The summed E-state index contributed by atoms with van der Waals surface area (Å²) in [6.07, 6.45) is -0.310. The molecular weight excluding hydrogens is 439 g/mol. The SMILES string of the molecule is CC(C)NS(=O)(=O)NC(=O)N1CCN(C(=O)C[C@H](N)Cc2cc(F)c(F)cc2F)CC1. The number of amides is 3. The number of piperazine rings is 1. The highest BCUT2D eigenvalue weighted by Crippen LogP contribution is 2.16. The zero-order chi connectivity index (χ0) is 23.3. The molecule has 2 rings (SSSR count). The highest BCUT2D eigenvalue weighted by Gasteiger charge is 2.27. The van der Waals surface area contributed by atoms with E-state index in [4.69, 9.17) is 5.73 Å². The average Bonchev–Trinajstić information content (AvgIpc) is 2.64. The predicted molar refractivity (Wildman–Crippen MR) is 106 cm³/mol. The van der Waals surface area contributed by atoms with E-state index >= 15 is 0 Å². The summed E-state index contributed by atoms with van der Waals surface area (Å²) >= 11 is 0. The van der Waals surface area contributed by atoms with Crippen LogP contribution in [0.2, 0.25) is 0 Å². The van der Waals surface area contributed by atoms with Gasteiger partial charge in [-0.1, -0.05) is 0 Å². The number of carbonyl (C=O) groups is 2. The zero-order valence-corrected chi connectivity index (χ0v) is 18.0. The Kier molecular flexibility index (Phi) is 8.26. The summed E-state index contributed by atoms with van der Waals surface area (Å²) in [6, 6.07) is -0.857. The monoisotopic (exact) mass is 465 g/mol. The third kappa shape index (κ3) is 7.36. The molecule has 31 heavy (non-hydrogen) atoms. The minimum absolute atomic E-state index is 0.113. The van der Waals surface area contributed by atoms with Crippen molar-refractivity contribution >= 4 is 22.1 Å². The van der Waals surface area contributed by atoms with E-state index in [-0.39, 0.29) is 56.5 Å². The molecule has 3 amide bonds. The van der Waals surface area contributed by atoms with E-state index in [0.717, 1.165) is 0 Å². The molecule has 0 aliphatic carbocycles. The van der Waals surface area contributed by atoms with Gasteiger partial charge in [-0.15, -0.1) is 0 Å². The molecule has 0 aromatic heterocycles. The number of nitrogens with zero attached hydrogens (tertiary/aromatic N) is 2. The topological polar surface area (TPSA) is 125 Å². The van der Waals surface area contributed by atoms with E-state index in [9.17, 15) is 31.2 Å². The molecule has 1 aliphatic rings. The Hall–Kier alpha value is -2.38. The summed E-state index contributed by atoms with van der Waals surface area (Å²) in [4.78, 5) is 27.3. The molecule has 0 spiro atoms. The molecule has 9 nitrogen and oxygen atoms in total. The lowest BCUT2D eigenvalue weighted by Crippen LogP contribution is -2.56. The lowest BCUT2D eigenvalue weighted by Gasteiger charge is -2.35. The van der Waals surface area contributed by atoms with E-state index in [2.05, 4.69) is 4.72 Å². The van der Waals surface area contributed by atoms with Crippen molar-refractivity contribution in [2.75, 3.05) is 26.2 Å². The first-order valence-corrected chi connectivity index (χ1v) is 11.1. The number of carbonyl (C=O) groups excluding carboxylic acids is 2. The van der Waals surface area contributed by atoms with E-state index in [1.54, 1.807) is 13.8 Å². The van der Waals surface area contributed by atoms with Gasteiger partial charge in [0.1, 0.15) is 5.82 Å². The number of hydrogen-bond donors (Lipinski definition) is 3. The third-order valence-corrected chi connectivity index (χ3v) is 5.77. The molecule has 1 atom stereocenters. The van der Waals surface area contributed by atoms with Crippen molar-refractivity contribution in [2.45, 2.75) is 38.8 Å². The lowest BCUT2D eigenvalue weighted by atomic mass is 10.0. The molecular formula is C18H26F3N5O4S. The van der Waals surface area contributed by atoms with Gasteiger partial charge < -0.3 is 15.5 Å². The molecule has 1 aliphatic heterocycles. The number of rotatable bonds is 7. The first kappa shape index (κ1) is 24.9. The first-order chi connectivity index (χ1) is 14.4. The Labute approximate surface area is 178 Å². The number of urea groups is 1. The quantitative estimate of drug-likeness (QED) is 0.505. The van der Waals surface area contributed by atoms with Crippen LogP contribution in [0.3, 0.4) is 0 Å². The van der Waals surface area contributed by atoms with E-state index in [1.807, 2.05) is 4.72 Å². The van der Waals surface area contributed by atoms with Crippen molar-refractivity contribution in [3.05, 3.63) is 35.1 Å². The molecule has 13 heteroatoms. The third-order valence-electron chi connectivity index (χ3n) is 4.54. The van der Waals surface area contributed by atoms with Crippen LogP contribution in [0.25, 0.3) is 0 Å². The predicted octanol–water partition coefficient (Wildman–Crippen LogP) is 0.460. The molecule has 1 heterocycles. The number of nitrogens with two attached hydrogens (primary N) is 1. The van der Waals surface area contributed by atoms with Gasteiger partial charge in [-0.05, 0) is 31.9 Å². The van der Waals surface area contributed by atoms with Gasteiger partial charge in [0.25, 0.3) is 0 Å². The summed E-state index contributed by atoms with van der Waals surface area (Å²) in [5, 5.41) is 0. The Bertz CT molecular complexity index is 921. The molecule has 1 aromatic carbocycles. The van der Waals surface area contributed by atoms with Gasteiger partial charge >= 0.3 is 16.2 Å². The van der Waals surface area contributed by atoms with Gasteiger partial charge in [-0.2, -0.15) is 13.1 Å². The van der Waals surface area contributed by atoms with Gasteiger partial charge in [0, 0.05) is 50.7 Å². The molecule has 0 bridgehead atoms. The number of nitrogens with one attached hydrogen (secondary N) is 2. The van der Waals surface area contributed by atoms with Crippen LogP contribution in [0.15, 0.2) is 12.1 Å². The second-order valence-electron chi connectivity index (χ2n) is 7.58. The number of benzene rings is 1. The van der Waals surface area contributed by atoms with Crippen LogP contribution in [-0.2, 0) is 21.4 Å². The Morgan fingerprint density at radius 3 is 2.16 bits per heavy atom. The molecule has 0 unspecified atom stereocenters. The molecule has 1 saturated heterocycles. The molecule has 1 fully saturated rings. The summed E-state index contributed by atoms with van der Waals surface area (Å²) in [6.45, 7) is 3.77. The van der Waals surface area contributed by atoms with Crippen LogP contribution in [0.5, 0.6) is 0 Å². The van der Waals surface area contributed by atoms with E-state index in [0.29, 0.717) is 12.1 Å². The molecule has 0 saturated carbocycles. The maximum Gasteiger partial charge on any atom is 0.332 e. The van der Waals surface area contributed by atoms with Crippen LogP contribution in [0.4, 0.5) is 18.0 Å². The fourth-order valence-electron chi connectivity index (χ4n) is 3.11. The van der Waals surface area contributed by atoms with Gasteiger partial charge in [-0.3, -0.25) is 4.79 Å². The number of halogens is 3. The van der Waals surface area contributed by atoms with Crippen molar-refractivity contribution in [2.24, 2.45) is 5.73 Å². The van der Waals surface area contributed by atoms with Crippen LogP contribution in [-0.4, -0.2) is 68.4 Å². The molecule has 0 radical (unpaired) electrons. The van der Waals surface area contributed by atoms with E-state index < -0.39 is 39.7 Å². The van der Waals surface area contributed by atoms with Gasteiger partial charge in [0.15, 0.2) is 11.6 Å². The minimum Gasteiger partial charge on any atom is -0.339 e. The van der Waals surface area contributed by atoms with Crippen molar-refractivity contribution in [3.8, 4) is 0 Å². The minimum atomic E-state index is -3.98. The highest BCUT2D eigenvalue weighted by molar-refractivity contribution is 7.88. The maximum absolute atomic E-state index is 13.7. The van der Waals surface area contributed by atoms with E-state index in [1.165, 1.54) is 9.80 Å². The van der Waals surface area contributed by atoms with Crippen LogP contribution in [0, 0.1) is 17.5 Å². The fraction of sp³-hybridized carbons (Fsp3) is 0.556. The van der Waals surface area contributed by atoms with Crippen LogP contribution in [0.1, 0.15) is 25.8 Å². The van der Waals surface area contributed by atoms with Crippen molar-refractivity contribution in [1.82, 2.24) is 19.2 Å². The average molecular weight is 465 g/mol. The Morgan fingerprint density at radius 2 is 1.58 bits per heavy atom. The van der Waals surface area contributed by atoms with Crippen molar-refractivity contribution in [1.29, 1.82) is 0 Å². The fourth-order valence-corrected chi connectivity index (χ4v) is 4.14. The van der Waals surface area contributed by atoms with Gasteiger partial charge in [-0.25, -0.2) is 22.7 Å². The first-order valence-electron chi connectivity index (χ1n) is 9.63. The highest BCUT2D eigenvalue weighted by atomic mass is 32.2. The summed E-state index contributed by atoms with van der Waals surface area (Å²) < 4.78 is 67.7. The van der Waals surface area contributed by atoms with Crippen LogP contribution < -0.4 is 15.2 Å². The molecule has 4 N–H and O–H groups in total. The molecule has 1 aromatic rings. The Balaban J connectivity index is 1.84. The number of hydrogen-bond acceptors (Lipinski definition) is 5. The van der Waals surface area contributed by atoms with Crippen molar-refractivity contribution in [3.63, 3.8) is 0 Å². The summed E-state index contributed by atoms with van der Waals surface area (Å²) in [5.41, 5.74) is 5.75. The van der Waals surface area contributed by atoms with Crippen molar-refractivity contribution < 1.29 is 31.2 Å². The van der Waals surface area contributed by atoms with Crippen LogP contribution >= 0.6 is 0 Å². The largest absolute Gasteiger partial charge is 0.339 e. The smallest absolute Gasteiger partial charge is 0.332 e. The normalized spacial score (nSPS) is 15.8. The maximum atomic E-state index is 13.7. The zero-order valence-electron chi connectivity index (χ0n) is 17.2. The second-order valence-corrected chi connectivity index (χ2v) is 9.02. The summed E-state index contributed by atoms with van der Waals surface area (Å²) in [7, 11) is -3.98. The lowest BCUT2D eigenvalue weighted by molar-refractivity contribution is -0.132.